The van der Waals surface area contributed by atoms with E-state index in [2.05, 4.69) is 10.6 Å². The number of rotatable bonds is 17. The van der Waals surface area contributed by atoms with Gasteiger partial charge < -0.3 is 115 Å². The summed E-state index contributed by atoms with van der Waals surface area (Å²) in [5.74, 6) is -0.690. The van der Waals surface area contributed by atoms with Gasteiger partial charge in [-0.1, -0.05) is 0 Å². The van der Waals surface area contributed by atoms with Crippen molar-refractivity contribution in [2.45, 2.75) is 136 Å². The van der Waals surface area contributed by atoms with Crippen molar-refractivity contribution in [2.24, 2.45) is 0 Å². The number of hydrogen-bond donors (Lipinski definition) is 15. The fraction of sp³-hybridized carbons (Fsp3) is 0.933. The third-order valence-electron chi connectivity index (χ3n) is 9.57. The number of aliphatic hydroxyl groups excluding tert-OH is 13. The SMILES string of the molecule is CC(=O)N[C@H]1[C@H](O[C@@H]2[C@H](O)[C@@H](O)[C@@H](O[C@H]3[C@@H](O)[C@@H](CO)O[C@@H](O[C@H]4[C@H](O)[C@@H](O)[C@H](OC[C@@H](CO)NC=O)O[C@@H]4CO)[C@@H]3O)O[C@@H]2CO)O[C@H](CO)[C@H](O)[C@@H]1O. The number of aliphatic hydroxyl groups is 13. The number of amides is 2. The molecular weight excluding hydrogens is 756 g/mol. The first kappa shape index (κ1) is 45.8. The molecule has 4 aliphatic rings. The molecule has 0 saturated carbocycles. The van der Waals surface area contributed by atoms with Gasteiger partial charge in [-0.05, 0) is 0 Å². The number of ether oxygens (including phenoxy) is 8. The van der Waals surface area contributed by atoms with E-state index in [1.807, 2.05) is 0 Å². The predicted molar refractivity (Wildman–Crippen MR) is 169 cm³/mol. The van der Waals surface area contributed by atoms with Crippen LogP contribution in [0.15, 0.2) is 0 Å². The molecule has 0 aromatic rings. The maximum atomic E-state index is 11.8. The third kappa shape index (κ3) is 10.4. The molecule has 0 spiro atoms. The van der Waals surface area contributed by atoms with Crippen LogP contribution in [-0.4, -0.2) is 247 Å². The number of nitrogens with one attached hydrogen (secondary N) is 2. The Bertz CT molecular complexity index is 1190. The van der Waals surface area contributed by atoms with Gasteiger partial charge in [0, 0.05) is 6.92 Å². The fourth-order valence-electron chi connectivity index (χ4n) is 6.53. The van der Waals surface area contributed by atoms with Gasteiger partial charge in [-0.25, -0.2) is 0 Å². The second-order valence-corrected chi connectivity index (χ2v) is 13.4. The highest BCUT2D eigenvalue weighted by Crippen LogP contribution is 2.34. The average Bonchev–Trinajstić information content (AvgIpc) is 3.17. The minimum Gasteiger partial charge on any atom is -0.394 e. The fourth-order valence-corrected chi connectivity index (χ4v) is 6.53. The molecule has 2 amide bonds. The first-order valence-corrected chi connectivity index (χ1v) is 17.3. The molecule has 4 fully saturated rings. The summed E-state index contributed by atoms with van der Waals surface area (Å²) in [6, 6.07) is -2.39. The van der Waals surface area contributed by atoms with Gasteiger partial charge in [-0.3, -0.25) is 9.59 Å². The highest BCUT2D eigenvalue weighted by atomic mass is 16.8. The van der Waals surface area contributed by atoms with Gasteiger partial charge in [0.25, 0.3) is 0 Å². The van der Waals surface area contributed by atoms with Crippen molar-refractivity contribution in [1.82, 2.24) is 10.6 Å². The lowest BCUT2D eigenvalue weighted by molar-refractivity contribution is -0.387. The summed E-state index contributed by atoms with van der Waals surface area (Å²) >= 11 is 0. The average molecular weight is 809 g/mol. The lowest BCUT2D eigenvalue weighted by Gasteiger charge is -2.49. The zero-order valence-electron chi connectivity index (χ0n) is 29.3. The zero-order chi connectivity index (χ0) is 40.7. The number of carbonyl (C=O) groups excluding carboxylic acids is 2. The van der Waals surface area contributed by atoms with Crippen LogP contribution >= 0.6 is 0 Å². The van der Waals surface area contributed by atoms with Gasteiger partial charge in [0.15, 0.2) is 25.2 Å². The molecule has 4 aliphatic heterocycles. The van der Waals surface area contributed by atoms with Crippen LogP contribution in [0, 0.1) is 0 Å². The number of hydrogen-bond acceptors (Lipinski definition) is 23. The maximum absolute atomic E-state index is 11.8. The minimum atomic E-state index is -2.10. The summed E-state index contributed by atoms with van der Waals surface area (Å²) in [5, 5.41) is 141. The van der Waals surface area contributed by atoms with E-state index in [-0.39, 0.29) is 6.61 Å². The molecule has 25 nitrogen and oxygen atoms in total. The molecule has 4 rings (SSSR count). The molecule has 4 heterocycles. The van der Waals surface area contributed by atoms with Gasteiger partial charge in [0.2, 0.25) is 12.3 Å². The normalized spacial score (nSPS) is 45.8. The molecule has 320 valence electrons. The molecule has 0 radical (unpaired) electrons. The van der Waals surface area contributed by atoms with Crippen LogP contribution < -0.4 is 10.6 Å². The van der Waals surface area contributed by atoms with Crippen molar-refractivity contribution in [3.8, 4) is 0 Å². The highest BCUT2D eigenvalue weighted by molar-refractivity contribution is 5.73. The van der Waals surface area contributed by atoms with E-state index in [0.717, 1.165) is 6.92 Å². The monoisotopic (exact) mass is 808 g/mol. The second kappa shape index (κ2) is 20.7. The Labute approximate surface area is 312 Å². The summed E-state index contributed by atoms with van der Waals surface area (Å²) in [6.45, 7) is -3.37. The molecular formula is C30H52N2O23. The molecule has 55 heavy (non-hydrogen) atoms. The lowest BCUT2D eigenvalue weighted by Crippen LogP contribution is -2.68. The van der Waals surface area contributed by atoms with E-state index in [1.165, 1.54) is 0 Å². The summed E-state index contributed by atoms with van der Waals surface area (Å²) in [5.41, 5.74) is 0. The Morgan fingerprint density at radius 1 is 0.582 bits per heavy atom. The molecule has 0 bridgehead atoms. The standard InChI is InChI=1S/C30H52N2O23/c1-9(39)32-15-18(42)16(40)11(3-34)49-27(15)53-24-14(6-37)52-29(22(46)20(24)44)55-26-17(41)12(4-35)50-30(23(26)47)54-25-13(5-36)51-28(21(45)19(25)43)48-7-10(2-33)31-8-38/h8,10-30,33-37,40-47H,2-7H2,1H3,(H,31,38)(H,32,39)/t10-,11-,12-,13-,14-,15-,16+,17+,18-,19-,20-,21-,22-,23-,24+,25-,26+,27+,28-,29-,30+/m1/s1. The topological polar surface area (TPSA) is 395 Å². The predicted octanol–water partition coefficient (Wildman–Crippen LogP) is -10.5. The molecule has 4 saturated heterocycles. The quantitative estimate of drug-likeness (QED) is 0.0607. The minimum absolute atomic E-state index is 0.299. The maximum Gasteiger partial charge on any atom is 0.217 e. The van der Waals surface area contributed by atoms with Crippen LogP contribution in [0.25, 0.3) is 0 Å². The van der Waals surface area contributed by atoms with Crippen LogP contribution in [0.3, 0.4) is 0 Å². The van der Waals surface area contributed by atoms with Gasteiger partial charge in [0.1, 0.15) is 97.6 Å². The van der Waals surface area contributed by atoms with Crippen LogP contribution in [-0.2, 0) is 47.5 Å². The second-order valence-electron chi connectivity index (χ2n) is 13.4. The van der Waals surface area contributed by atoms with Gasteiger partial charge in [-0.15, -0.1) is 0 Å². The number of carbonyl (C=O) groups is 2. The summed E-state index contributed by atoms with van der Waals surface area (Å²) in [6.07, 6.45) is -33.5. The Morgan fingerprint density at radius 3 is 1.56 bits per heavy atom. The Kier molecular flexibility index (Phi) is 17.2. The Morgan fingerprint density at radius 2 is 1.04 bits per heavy atom. The van der Waals surface area contributed by atoms with Crippen LogP contribution in [0.2, 0.25) is 0 Å². The third-order valence-corrected chi connectivity index (χ3v) is 9.57. The van der Waals surface area contributed by atoms with Crippen LogP contribution in [0.5, 0.6) is 0 Å². The van der Waals surface area contributed by atoms with Crippen molar-refractivity contribution in [1.29, 1.82) is 0 Å². The van der Waals surface area contributed by atoms with Crippen LogP contribution in [0.4, 0.5) is 0 Å². The van der Waals surface area contributed by atoms with E-state index in [4.69, 9.17) is 37.9 Å². The summed E-state index contributed by atoms with van der Waals surface area (Å²) in [4.78, 5) is 22.5. The van der Waals surface area contributed by atoms with Crippen molar-refractivity contribution < 1.29 is 114 Å². The van der Waals surface area contributed by atoms with Crippen LogP contribution in [0.1, 0.15) is 6.92 Å². The lowest BCUT2D eigenvalue weighted by atomic mass is 9.95. The van der Waals surface area contributed by atoms with Crippen molar-refractivity contribution >= 4 is 12.3 Å². The van der Waals surface area contributed by atoms with Crippen molar-refractivity contribution in [3.63, 3.8) is 0 Å². The Balaban J connectivity index is 1.47. The molecule has 0 aromatic heterocycles. The van der Waals surface area contributed by atoms with E-state index in [1.54, 1.807) is 0 Å². The summed E-state index contributed by atoms with van der Waals surface area (Å²) in [7, 11) is 0. The molecule has 21 atom stereocenters. The Hall–Kier alpha value is -1.90. The smallest absolute Gasteiger partial charge is 0.217 e. The largest absolute Gasteiger partial charge is 0.394 e. The van der Waals surface area contributed by atoms with E-state index >= 15 is 0 Å². The van der Waals surface area contributed by atoms with Gasteiger partial charge in [-0.2, -0.15) is 0 Å². The summed E-state index contributed by atoms with van der Waals surface area (Å²) < 4.78 is 44.6. The van der Waals surface area contributed by atoms with Crippen molar-refractivity contribution in [3.05, 3.63) is 0 Å². The molecule has 0 unspecified atom stereocenters. The zero-order valence-corrected chi connectivity index (χ0v) is 29.3. The molecule has 0 aromatic carbocycles. The first-order valence-electron chi connectivity index (χ1n) is 17.3. The molecule has 0 aliphatic carbocycles. The van der Waals surface area contributed by atoms with E-state index in [0.29, 0.717) is 6.41 Å². The van der Waals surface area contributed by atoms with Crippen molar-refractivity contribution in [2.75, 3.05) is 39.6 Å². The van der Waals surface area contributed by atoms with E-state index in [9.17, 15) is 76.0 Å². The highest BCUT2D eigenvalue weighted by Gasteiger charge is 2.55. The van der Waals surface area contributed by atoms with E-state index < -0.39 is 168 Å². The van der Waals surface area contributed by atoms with Gasteiger partial charge in [0.05, 0.1) is 45.7 Å². The molecule has 25 heteroatoms. The molecule has 15 N–H and O–H groups in total. The first-order chi connectivity index (χ1) is 26.1. The van der Waals surface area contributed by atoms with Gasteiger partial charge >= 0.3 is 0 Å².